The molecule has 2 fully saturated rings. The van der Waals surface area contributed by atoms with Gasteiger partial charge in [-0.3, -0.25) is 19.3 Å². The van der Waals surface area contributed by atoms with Crippen LogP contribution in [0.4, 0.5) is 4.79 Å². The third-order valence-electron chi connectivity index (χ3n) is 4.86. The highest BCUT2D eigenvalue weighted by Crippen LogP contribution is 2.38. The van der Waals surface area contributed by atoms with Gasteiger partial charge in [-0.15, -0.1) is 0 Å². The molecule has 9 heteroatoms. The molecule has 0 aromatic heterocycles. The third-order valence-corrected chi connectivity index (χ3v) is 6.57. The molecule has 2 aliphatic rings. The number of amides is 3. The van der Waals surface area contributed by atoms with E-state index >= 15 is 0 Å². The fourth-order valence-electron chi connectivity index (χ4n) is 3.45. The van der Waals surface area contributed by atoms with Crippen molar-refractivity contribution in [2.24, 2.45) is 0 Å². The molecule has 1 aromatic rings. The maximum absolute atomic E-state index is 12.8. The predicted octanol–water partition coefficient (Wildman–Crippen LogP) is 4.53. The molecule has 0 atom stereocenters. The molecule has 2 saturated heterocycles. The molecular formula is C22H27IN2O5S. The van der Waals surface area contributed by atoms with Gasteiger partial charge in [0.25, 0.3) is 11.1 Å². The Labute approximate surface area is 200 Å². The van der Waals surface area contributed by atoms with Crippen LogP contribution >= 0.6 is 34.4 Å². The molecule has 0 bridgehead atoms. The Bertz CT molecular complexity index is 896. The average molecular weight is 558 g/mol. The number of nitrogens with zero attached hydrogens (tertiary/aromatic N) is 2. The number of ether oxygens (including phenoxy) is 2. The smallest absolute Gasteiger partial charge is 0.294 e. The molecule has 0 N–H and O–H groups in total. The van der Waals surface area contributed by atoms with E-state index < -0.39 is 11.1 Å². The number of piperidine rings is 1. The standard InChI is InChI=1S/C22H27IN2O5S/c1-4-29-17-11-15(10-16(23)20(17)30-14(2)3)12-18-21(27)25(22(28)31-18)13-19(26)24-8-6-5-7-9-24/h10-12,14H,4-9,13H2,1-3H3/b18-12-. The van der Waals surface area contributed by atoms with Crippen LogP contribution in [0.3, 0.4) is 0 Å². The number of hydrogen-bond acceptors (Lipinski definition) is 6. The van der Waals surface area contributed by atoms with Gasteiger partial charge in [0.15, 0.2) is 11.5 Å². The fraction of sp³-hybridized carbons (Fsp3) is 0.500. The van der Waals surface area contributed by atoms with E-state index in [0.717, 1.165) is 45.1 Å². The number of carbonyl (C=O) groups excluding carboxylic acids is 3. The minimum absolute atomic E-state index is 0.00693. The summed E-state index contributed by atoms with van der Waals surface area (Å²) in [4.78, 5) is 40.9. The molecule has 3 rings (SSSR count). The summed E-state index contributed by atoms with van der Waals surface area (Å²) in [7, 11) is 0. The van der Waals surface area contributed by atoms with Crippen molar-refractivity contribution in [3.8, 4) is 11.5 Å². The first-order chi connectivity index (χ1) is 14.8. The number of carbonyl (C=O) groups is 3. The minimum atomic E-state index is -0.434. The van der Waals surface area contributed by atoms with E-state index in [0.29, 0.717) is 36.1 Å². The lowest BCUT2D eigenvalue weighted by molar-refractivity contribution is -0.136. The van der Waals surface area contributed by atoms with Gasteiger partial charge in [-0.2, -0.15) is 0 Å². The molecular weight excluding hydrogens is 531 g/mol. The van der Waals surface area contributed by atoms with E-state index in [-0.39, 0.29) is 18.6 Å². The Morgan fingerprint density at radius 3 is 2.58 bits per heavy atom. The molecule has 2 aliphatic heterocycles. The first-order valence-electron chi connectivity index (χ1n) is 10.5. The van der Waals surface area contributed by atoms with Gasteiger partial charge >= 0.3 is 0 Å². The van der Waals surface area contributed by atoms with Crippen LogP contribution in [0.25, 0.3) is 6.08 Å². The van der Waals surface area contributed by atoms with Crippen LogP contribution in [0.1, 0.15) is 45.6 Å². The maximum atomic E-state index is 12.8. The third kappa shape index (κ3) is 5.94. The SMILES string of the molecule is CCOc1cc(/C=C2\SC(=O)N(CC(=O)N3CCCCC3)C2=O)cc(I)c1OC(C)C. The van der Waals surface area contributed by atoms with Gasteiger partial charge in [0, 0.05) is 13.1 Å². The fourth-order valence-corrected chi connectivity index (χ4v) is 5.04. The molecule has 168 valence electrons. The Kier molecular flexibility index (Phi) is 8.26. The van der Waals surface area contributed by atoms with E-state index in [1.165, 1.54) is 0 Å². The van der Waals surface area contributed by atoms with Crippen molar-refractivity contribution >= 4 is 57.5 Å². The van der Waals surface area contributed by atoms with Gasteiger partial charge in [-0.05, 0) is 98.2 Å². The van der Waals surface area contributed by atoms with Gasteiger partial charge in [0.05, 0.1) is 21.2 Å². The van der Waals surface area contributed by atoms with E-state index in [4.69, 9.17) is 9.47 Å². The van der Waals surface area contributed by atoms with Crippen molar-refractivity contribution in [1.82, 2.24) is 9.80 Å². The Hall–Kier alpha value is -1.75. The van der Waals surface area contributed by atoms with Gasteiger partial charge in [0.1, 0.15) is 6.54 Å². The van der Waals surface area contributed by atoms with Gasteiger partial charge < -0.3 is 14.4 Å². The van der Waals surface area contributed by atoms with Crippen molar-refractivity contribution in [2.75, 3.05) is 26.2 Å². The van der Waals surface area contributed by atoms with Crippen molar-refractivity contribution in [1.29, 1.82) is 0 Å². The number of imide groups is 1. The van der Waals surface area contributed by atoms with Crippen LogP contribution in [-0.2, 0) is 9.59 Å². The monoisotopic (exact) mass is 558 g/mol. The summed E-state index contributed by atoms with van der Waals surface area (Å²) >= 11 is 3.03. The Morgan fingerprint density at radius 1 is 1.23 bits per heavy atom. The summed E-state index contributed by atoms with van der Waals surface area (Å²) in [6, 6.07) is 3.68. The van der Waals surface area contributed by atoms with E-state index in [2.05, 4.69) is 22.6 Å². The summed E-state index contributed by atoms with van der Waals surface area (Å²) in [6.07, 6.45) is 4.69. The van der Waals surface area contributed by atoms with Gasteiger partial charge in [-0.25, -0.2) is 0 Å². The number of benzene rings is 1. The summed E-state index contributed by atoms with van der Waals surface area (Å²) in [6.45, 7) is 7.43. The molecule has 2 heterocycles. The largest absolute Gasteiger partial charge is 0.490 e. The maximum Gasteiger partial charge on any atom is 0.294 e. The number of rotatable bonds is 7. The van der Waals surface area contributed by atoms with E-state index in [1.807, 2.05) is 26.8 Å². The molecule has 0 spiro atoms. The van der Waals surface area contributed by atoms with Gasteiger partial charge in [-0.1, -0.05) is 0 Å². The molecule has 7 nitrogen and oxygen atoms in total. The molecule has 0 unspecified atom stereocenters. The zero-order valence-electron chi connectivity index (χ0n) is 18.0. The average Bonchev–Trinajstić information content (AvgIpc) is 2.98. The quantitative estimate of drug-likeness (QED) is 0.362. The zero-order chi connectivity index (χ0) is 22.5. The second-order valence-corrected chi connectivity index (χ2v) is 9.79. The first-order valence-corrected chi connectivity index (χ1v) is 12.4. The normalized spacial score (nSPS) is 18.3. The molecule has 0 radical (unpaired) electrons. The molecule has 1 aromatic carbocycles. The van der Waals surface area contributed by atoms with Crippen molar-refractivity contribution < 1.29 is 23.9 Å². The van der Waals surface area contributed by atoms with Crippen molar-refractivity contribution in [2.45, 2.75) is 46.1 Å². The summed E-state index contributed by atoms with van der Waals surface area (Å²) in [5.41, 5.74) is 0.733. The second-order valence-electron chi connectivity index (χ2n) is 7.64. The molecule has 0 saturated carbocycles. The zero-order valence-corrected chi connectivity index (χ0v) is 21.0. The Balaban J connectivity index is 1.79. The number of hydrogen-bond donors (Lipinski definition) is 0. The van der Waals surface area contributed by atoms with Crippen LogP contribution in [0.2, 0.25) is 0 Å². The molecule has 0 aliphatic carbocycles. The summed E-state index contributed by atoms with van der Waals surface area (Å²) in [5.74, 6) is 0.645. The first kappa shape index (κ1) is 23.9. The molecule has 31 heavy (non-hydrogen) atoms. The Morgan fingerprint density at radius 2 is 1.94 bits per heavy atom. The lowest BCUT2D eigenvalue weighted by atomic mass is 10.1. The highest BCUT2D eigenvalue weighted by molar-refractivity contribution is 14.1. The van der Waals surface area contributed by atoms with E-state index in [9.17, 15) is 14.4 Å². The van der Waals surface area contributed by atoms with Crippen LogP contribution < -0.4 is 9.47 Å². The predicted molar refractivity (Wildman–Crippen MR) is 129 cm³/mol. The second kappa shape index (κ2) is 10.7. The summed E-state index contributed by atoms with van der Waals surface area (Å²) in [5, 5.41) is -0.416. The number of halogens is 1. The van der Waals surface area contributed by atoms with Crippen LogP contribution in [-0.4, -0.2) is 59.2 Å². The highest BCUT2D eigenvalue weighted by atomic mass is 127. The van der Waals surface area contributed by atoms with Crippen LogP contribution in [0.5, 0.6) is 11.5 Å². The van der Waals surface area contributed by atoms with Crippen molar-refractivity contribution in [3.05, 3.63) is 26.2 Å². The summed E-state index contributed by atoms with van der Waals surface area (Å²) < 4.78 is 12.5. The molecule has 3 amide bonds. The van der Waals surface area contributed by atoms with Crippen molar-refractivity contribution in [3.63, 3.8) is 0 Å². The highest BCUT2D eigenvalue weighted by Gasteiger charge is 2.37. The topological polar surface area (TPSA) is 76.2 Å². The lowest BCUT2D eigenvalue weighted by Crippen LogP contribution is -2.44. The van der Waals surface area contributed by atoms with Crippen LogP contribution in [0, 0.1) is 3.57 Å². The van der Waals surface area contributed by atoms with Crippen LogP contribution in [0.15, 0.2) is 17.0 Å². The minimum Gasteiger partial charge on any atom is -0.490 e. The lowest BCUT2D eigenvalue weighted by Gasteiger charge is -2.27. The number of likely N-dealkylation sites (tertiary alicyclic amines) is 1. The number of thioether (sulfide) groups is 1. The van der Waals surface area contributed by atoms with E-state index in [1.54, 1.807) is 17.0 Å². The van der Waals surface area contributed by atoms with Gasteiger partial charge in [0.2, 0.25) is 5.91 Å².